The fraction of sp³-hybridized carbons (Fsp3) is 0.492. The Kier molecular flexibility index (Phi) is 52.2. The lowest BCUT2D eigenvalue weighted by Gasteiger charge is -2.18. The molecule has 0 aromatic heterocycles. The zero-order chi connectivity index (χ0) is 49.2. The third kappa shape index (κ3) is 53.6. The number of carbonyl (C=O) groups excluding carboxylic acids is 2. The van der Waals surface area contributed by atoms with Gasteiger partial charge < -0.3 is 14.2 Å². The topological polar surface area (TPSA) is 61.8 Å². The highest BCUT2D eigenvalue weighted by atomic mass is 16.6. The summed E-state index contributed by atoms with van der Waals surface area (Å²) in [7, 11) is 0. The summed E-state index contributed by atoms with van der Waals surface area (Å²) >= 11 is 0. The van der Waals surface area contributed by atoms with Crippen molar-refractivity contribution < 1.29 is 23.8 Å². The zero-order valence-corrected chi connectivity index (χ0v) is 43.0. The second-order valence-corrected chi connectivity index (χ2v) is 16.3. The van der Waals surface area contributed by atoms with Crippen LogP contribution < -0.4 is 0 Å². The minimum absolute atomic E-state index is 0.00366. The molecule has 1 unspecified atom stereocenters. The Morgan fingerprint density at radius 2 is 0.662 bits per heavy atom. The molecule has 0 fully saturated rings. The number of esters is 2. The highest BCUT2D eigenvalue weighted by Gasteiger charge is 2.17. The van der Waals surface area contributed by atoms with E-state index in [0.717, 1.165) is 141 Å². The average Bonchev–Trinajstić information content (AvgIpc) is 3.34. The van der Waals surface area contributed by atoms with Gasteiger partial charge in [0, 0.05) is 13.0 Å². The molecule has 0 aliphatic rings. The molecule has 0 aromatic carbocycles. The predicted octanol–water partition coefficient (Wildman–Crippen LogP) is 18.2. The Balaban J connectivity index is 4.58. The Labute approximate surface area is 417 Å². The van der Waals surface area contributed by atoms with Gasteiger partial charge in [-0.2, -0.15) is 0 Å². The zero-order valence-electron chi connectivity index (χ0n) is 43.0. The molecular formula is C63H94O5. The number of unbranched alkanes of at least 4 members (excludes halogenated alkanes) is 5. The minimum Gasteiger partial charge on any atom is -0.462 e. The van der Waals surface area contributed by atoms with Gasteiger partial charge in [-0.1, -0.05) is 209 Å². The fourth-order valence-corrected chi connectivity index (χ4v) is 6.17. The summed E-state index contributed by atoms with van der Waals surface area (Å²) < 4.78 is 17.2. The third-order valence-corrected chi connectivity index (χ3v) is 9.95. The summed E-state index contributed by atoms with van der Waals surface area (Å²) in [5.41, 5.74) is 0. The van der Waals surface area contributed by atoms with Crippen LogP contribution in [0.25, 0.3) is 0 Å². The average molecular weight is 931 g/mol. The first-order valence-electron chi connectivity index (χ1n) is 26.3. The van der Waals surface area contributed by atoms with Gasteiger partial charge in [-0.05, 0) is 135 Å². The molecule has 5 nitrogen and oxygen atoms in total. The van der Waals surface area contributed by atoms with Crippen molar-refractivity contribution in [2.45, 2.75) is 181 Å². The molecule has 0 rings (SSSR count). The smallest absolute Gasteiger partial charge is 0.310 e. The highest BCUT2D eigenvalue weighted by molar-refractivity contribution is 5.71. The molecule has 0 aromatic rings. The largest absolute Gasteiger partial charge is 0.462 e. The number of hydrogen-bond donors (Lipinski definition) is 0. The summed E-state index contributed by atoms with van der Waals surface area (Å²) in [4.78, 5) is 25.4. The van der Waals surface area contributed by atoms with Crippen LogP contribution in [0.3, 0.4) is 0 Å². The maximum atomic E-state index is 12.8. The Bertz CT molecular complexity index is 1620. The van der Waals surface area contributed by atoms with E-state index in [9.17, 15) is 9.59 Å². The van der Waals surface area contributed by atoms with Crippen LogP contribution in [0.2, 0.25) is 0 Å². The van der Waals surface area contributed by atoms with Crippen LogP contribution in [0.4, 0.5) is 0 Å². The molecule has 0 radical (unpaired) electrons. The molecule has 0 saturated carbocycles. The SMILES string of the molecule is CC/C=C\C/C=C\C/C=C\C/C=C\C/C=C\CCCCCC(=O)OCC(COCCCC/C=C\C/C=C\C/C=C\C/C=C\C/C=C\CC)OC(=O)C/C=C\C/C=C\C/C=C\C/C=C\C/C=C\CC. The summed E-state index contributed by atoms with van der Waals surface area (Å²) in [5, 5.41) is 0. The van der Waals surface area contributed by atoms with E-state index in [2.05, 4.69) is 191 Å². The van der Waals surface area contributed by atoms with Crippen LogP contribution in [0.1, 0.15) is 175 Å². The molecule has 0 amide bonds. The molecule has 5 heteroatoms. The van der Waals surface area contributed by atoms with Gasteiger partial charge in [-0.3, -0.25) is 9.59 Å². The van der Waals surface area contributed by atoms with Gasteiger partial charge in [-0.15, -0.1) is 0 Å². The van der Waals surface area contributed by atoms with Gasteiger partial charge >= 0.3 is 11.9 Å². The van der Waals surface area contributed by atoms with Gasteiger partial charge in [0.2, 0.25) is 0 Å². The lowest BCUT2D eigenvalue weighted by Crippen LogP contribution is -2.29. The molecule has 0 bridgehead atoms. The van der Waals surface area contributed by atoms with E-state index in [-0.39, 0.29) is 31.6 Å². The van der Waals surface area contributed by atoms with Crippen molar-refractivity contribution in [3.8, 4) is 0 Å². The molecule has 0 spiro atoms. The van der Waals surface area contributed by atoms with E-state index in [1.807, 2.05) is 12.2 Å². The number of ether oxygens (including phenoxy) is 3. The van der Waals surface area contributed by atoms with E-state index < -0.39 is 6.10 Å². The van der Waals surface area contributed by atoms with Gasteiger partial charge in [0.15, 0.2) is 6.10 Å². The number of rotatable bonds is 45. The first-order valence-corrected chi connectivity index (χ1v) is 26.3. The molecule has 68 heavy (non-hydrogen) atoms. The molecule has 0 heterocycles. The highest BCUT2D eigenvalue weighted by Crippen LogP contribution is 2.08. The Morgan fingerprint density at radius 3 is 1.03 bits per heavy atom. The van der Waals surface area contributed by atoms with Crippen LogP contribution >= 0.6 is 0 Å². The lowest BCUT2D eigenvalue weighted by molar-refractivity contribution is -0.162. The standard InChI is InChI=1S/C63H94O5/c1-4-7-10-13-16-19-22-25-28-30-32-33-36-38-41-44-47-50-53-56-62(64)67-60-61(68-63(65)57-54-51-48-45-42-39-35-27-24-21-18-15-12-9-6-3)59-66-58-55-52-49-46-43-40-37-34-31-29-26-23-20-17-14-11-8-5-2/h7-12,16-21,25-29,32-35,37-38,41-43,45-46,51,54,61H,4-6,13-15,22-24,30-31,36,39-40,44,47-50,52-53,55-60H2,1-3H3/b10-7-,11-8-,12-9-,19-16-,20-17-,21-18-,28-25-,29-26-,33-32-,35-27-,37-34-,41-38-,45-42-,46-43-,54-51-. The van der Waals surface area contributed by atoms with Crippen molar-refractivity contribution in [1.82, 2.24) is 0 Å². The van der Waals surface area contributed by atoms with Gasteiger partial charge in [0.05, 0.1) is 13.0 Å². The van der Waals surface area contributed by atoms with E-state index in [1.54, 1.807) is 0 Å². The molecule has 0 aliphatic carbocycles. The van der Waals surface area contributed by atoms with E-state index in [4.69, 9.17) is 14.2 Å². The van der Waals surface area contributed by atoms with Crippen LogP contribution in [-0.4, -0.2) is 37.9 Å². The lowest BCUT2D eigenvalue weighted by atomic mass is 10.1. The minimum atomic E-state index is -0.643. The molecule has 1 atom stereocenters. The normalized spacial score (nSPS) is 13.8. The summed E-state index contributed by atoms with van der Waals surface area (Å²) in [6.45, 7) is 7.20. The van der Waals surface area contributed by atoms with E-state index in [0.29, 0.717) is 13.0 Å². The fourth-order valence-electron chi connectivity index (χ4n) is 6.17. The van der Waals surface area contributed by atoms with Gasteiger partial charge in [0.25, 0.3) is 0 Å². The van der Waals surface area contributed by atoms with Crippen LogP contribution in [0, 0.1) is 0 Å². The second-order valence-electron chi connectivity index (χ2n) is 16.3. The number of hydrogen-bond acceptors (Lipinski definition) is 5. The number of carbonyl (C=O) groups is 2. The van der Waals surface area contributed by atoms with E-state index in [1.165, 1.54) is 0 Å². The maximum absolute atomic E-state index is 12.8. The monoisotopic (exact) mass is 931 g/mol. The van der Waals surface area contributed by atoms with Crippen molar-refractivity contribution in [3.63, 3.8) is 0 Å². The molecule has 0 saturated heterocycles. The molecule has 0 aliphatic heterocycles. The van der Waals surface area contributed by atoms with Gasteiger partial charge in [0.1, 0.15) is 6.61 Å². The number of allylic oxidation sites excluding steroid dienone is 29. The second kappa shape index (κ2) is 56.3. The van der Waals surface area contributed by atoms with Gasteiger partial charge in [-0.25, -0.2) is 0 Å². The van der Waals surface area contributed by atoms with Crippen molar-refractivity contribution in [3.05, 3.63) is 182 Å². The molecular weight excluding hydrogens is 837 g/mol. The Morgan fingerprint density at radius 1 is 0.338 bits per heavy atom. The summed E-state index contributed by atoms with van der Waals surface area (Å²) in [6.07, 6.45) is 86.5. The van der Waals surface area contributed by atoms with Crippen LogP contribution in [-0.2, 0) is 23.8 Å². The quantitative estimate of drug-likeness (QED) is 0.0346. The van der Waals surface area contributed by atoms with Crippen molar-refractivity contribution in [2.75, 3.05) is 19.8 Å². The summed E-state index contributed by atoms with van der Waals surface area (Å²) in [6, 6.07) is 0. The van der Waals surface area contributed by atoms with Crippen molar-refractivity contribution in [1.29, 1.82) is 0 Å². The summed E-state index contributed by atoms with van der Waals surface area (Å²) in [5.74, 6) is -0.625. The molecule has 0 N–H and O–H groups in total. The third-order valence-electron chi connectivity index (χ3n) is 9.95. The first-order chi connectivity index (χ1) is 33.6. The Hall–Kier alpha value is -5.00. The van der Waals surface area contributed by atoms with Crippen molar-refractivity contribution in [2.24, 2.45) is 0 Å². The van der Waals surface area contributed by atoms with Crippen molar-refractivity contribution >= 4 is 11.9 Å². The predicted molar refractivity (Wildman–Crippen MR) is 297 cm³/mol. The van der Waals surface area contributed by atoms with Crippen LogP contribution in [0.5, 0.6) is 0 Å². The molecule has 376 valence electrons. The van der Waals surface area contributed by atoms with Crippen LogP contribution in [0.15, 0.2) is 182 Å². The maximum Gasteiger partial charge on any atom is 0.310 e. The van der Waals surface area contributed by atoms with E-state index >= 15 is 0 Å². The first kappa shape index (κ1) is 63.0.